The predicted molar refractivity (Wildman–Crippen MR) is 69.7 cm³/mol. The molecule has 0 bridgehead atoms. The van der Waals surface area contributed by atoms with Crippen molar-refractivity contribution in [2.45, 2.75) is 13.1 Å². The molecule has 0 aliphatic rings. The van der Waals surface area contributed by atoms with Crippen LogP contribution in [0.25, 0.3) is 0 Å². The van der Waals surface area contributed by atoms with Gasteiger partial charge in [-0.15, -0.1) is 0 Å². The molecule has 2 N–H and O–H groups in total. The Morgan fingerprint density at radius 2 is 2.06 bits per heavy atom. The number of halogens is 1. The second-order valence-electron chi connectivity index (χ2n) is 4.06. The van der Waals surface area contributed by atoms with Crippen molar-refractivity contribution in [3.63, 3.8) is 0 Å². The second-order valence-corrected chi connectivity index (χ2v) is 4.47. The largest absolute Gasteiger partial charge is 0.468 e. The van der Waals surface area contributed by atoms with Crippen LogP contribution in [0.4, 0.5) is 5.69 Å². The highest BCUT2D eigenvalue weighted by molar-refractivity contribution is 6.31. The van der Waals surface area contributed by atoms with Crippen molar-refractivity contribution in [3.8, 4) is 0 Å². The number of anilines is 1. The number of hydrogen-bond donors (Lipinski definition) is 1. The number of nitrogen functional groups attached to an aromatic ring is 1. The molecule has 17 heavy (non-hydrogen) atoms. The highest BCUT2D eigenvalue weighted by Gasteiger charge is 2.09. The van der Waals surface area contributed by atoms with Crippen LogP contribution in [0.2, 0.25) is 5.02 Å². The van der Waals surface area contributed by atoms with Gasteiger partial charge in [-0.3, -0.25) is 4.90 Å². The van der Waals surface area contributed by atoms with Gasteiger partial charge in [0, 0.05) is 22.8 Å². The smallest absolute Gasteiger partial charge is 0.117 e. The summed E-state index contributed by atoms with van der Waals surface area (Å²) in [6, 6.07) is 9.41. The highest BCUT2D eigenvalue weighted by atomic mass is 35.5. The molecule has 4 heteroatoms. The summed E-state index contributed by atoms with van der Waals surface area (Å²) >= 11 is 6.13. The molecular weight excluding hydrogens is 236 g/mol. The van der Waals surface area contributed by atoms with Crippen LogP contribution in [0.1, 0.15) is 11.3 Å². The number of benzene rings is 1. The van der Waals surface area contributed by atoms with Crippen LogP contribution in [0, 0.1) is 0 Å². The van der Waals surface area contributed by atoms with E-state index < -0.39 is 0 Å². The van der Waals surface area contributed by atoms with Crippen molar-refractivity contribution in [2.24, 2.45) is 0 Å². The zero-order chi connectivity index (χ0) is 12.3. The number of furan rings is 1. The molecule has 3 nitrogen and oxygen atoms in total. The molecule has 1 aromatic heterocycles. The zero-order valence-corrected chi connectivity index (χ0v) is 10.4. The van der Waals surface area contributed by atoms with Gasteiger partial charge in [0.05, 0.1) is 12.8 Å². The molecule has 2 rings (SSSR count). The van der Waals surface area contributed by atoms with E-state index in [1.54, 1.807) is 6.26 Å². The van der Waals surface area contributed by atoms with Gasteiger partial charge in [-0.05, 0) is 31.3 Å². The van der Waals surface area contributed by atoms with Crippen molar-refractivity contribution in [1.29, 1.82) is 0 Å². The Morgan fingerprint density at radius 1 is 1.24 bits per heavy atom. The second kappa shape index (κ2) is 5.25. The minimum absolute atomic E-state index is 0.701. The fraction of sp³-hybridized carbons (Fsp3) is 0.231. The lowest BCUT2D eigenvalue weighted by Gasteiger charge is -2.17. The molecule has 0 aliphatic heterocycles. The van der Waals surface area contributed by atoms with Gasteiger partial charge in [0.1, 0.15) is 5.76 Å². The molecule has 0 unspecified atom stereocenters. The van der Waals surface area contributed by atoms with Crippen LogP contribution >= 0.6 is 11.6 Å². The van der Waals surface area contributed by atoms with Crippen LogP contribution in [0.5, 0.6) is 0 Å². The average Bonchev–Trinajstić information content (AvgIpc) is 2.76. The first-order chi connectivity index (χ1) is 8.16. The molecular formula is C13H15ClN2O. The summed E-state index contributed by atoms with van der Waals surface area (Å²) < 4.78 is 5.30. The lowest BCUT2D eigenvalue weighted by Crippen LogP contribution is -2.18. The van der Waals surface area contributed by atoms with Gasteiger partial charge in [0.25, 0.3) is 0 Å². The summed E-state index contributed by atoms with van der Waals surface area (Å²) in [4.78, 5) is 2.11. The summed E-state index contributed by atoms with van der Waals surface area (Å²) in [7, 11) is 2.01. The Kier molecular flexibility index (Phi) is 3.71. The first kappa shape index (κ1) is 12.0. The van der Waals surface area contributed by atoms with Crippen molar-refractivity contribution in [2.75, 3.05) is 12.8 Å². The van der Waals surface area contributed by atoms with E-state index >= 15 is 0 Å². The van der Waals surface area contributed by atoms with Gasteiger partial charge in [-0.25, -0.2) is 0 Å². The molecule has 0 fully saturated rings. The van der Waals surface area contributed by atoms with Crippen LogP contribution in [-0.4, -0.2) is 11.9 Å². The Bertz CT molecular complexity index is 462. The minimum atomic E-state index is 0.701. The molecule has 0 saturated heterocycles. The Morgan fingerprint density at radius 3 is 2.71 bits per heavy atom. The van der Waals surface area contributed by atoms with E-state index in [-0.39, 0.29) is 0 Å². The first-order valence-electron chi connectivity index (χ1n) is 5.40. The zero-order valence-electron chi connectivity index (χ0n) is 9.69. The maximum Gasteiger partial charge on any atom is 0.117 e. The molecule has 0 atom stereocenters. The van der Waals surface area contributed by atoms with Crippen molar-refractivity contribution in [1.82, 2.24) is 4.90 Å². The Labute approximate surface area is 106 Å². The molecule has 2 aromatic rings. The van der Waals surface area contributed by atoms with Gasteiger partial charge in [-0.1, -0.05) is 17.7 Å². The number of nitrogens with two attached hydrogens (primary N) is 1. The van der Waals surface area contributed by atoms with Crippen LogP contribution in [-0.2, 0) is 13.1 Å². The van der Waals surface area contributed by atoms with Crippen LogP contribution < -0.4 is 5.73 Å². The van der Waals surface area contributed by atoms with Crippen molar-refractivity contribution >= 4 is 17.3 Å². The fourth-order valence-electron chi connectivity index (χ4n) is 1.74. The van der Waals surface area contributed by atoms with Gasteiger partial charge in [0.2, 0.25) is 0 Å². The predicted octanol–water partition coefficient (Wildman–Crippen LogP) is 3.15. The summed E-state index contributed by atoms with van der Waals surface area (Å²) in [6.07, 6.45) is 1.67. The normalized spacial score (nSPS) is 11.0. The van der Waals surface area contributed by atoms with E-state index in [0.717, 1.165) is 23.6 Å². The van der Waals surface area contributed by atoms with E-state index in [0.29, 0.717) is 11.6 Å². The SMILES string of the molecule is CN(Cc1ccco1)Cc1c(N)cccc1Cl. The number of rotatable bonds is 4. The maximum absolute atomic E-state index is 6.13. The molecule has 0 aliphatic carbocycles. The van der Waals surface area contributed by atoms with E-state index in [1.807, 2.05) is 37.4 Å². The molecule has 0 radical (unpaired) electrons. The Hall–Kier alpha value is -1.45. The maximum atomic E-state index is 6.13. The van der Waals surface area contributed by atoms with E-state index in [1.165, 1.54) is 0 Å². The van der Waals surface area contributed by atoms with E-state index in [2.05, 4.69) is 4.90 Å². The highest BCUT2D eigenvalue weighted by Crippen LogP contribution is 2.23. The summed E-state index contributed by atoms with van der Waals surface area (Å²) in [6.45, 7) is 1.43. The van der Waals surface area contributed by atoms with Crippen molar-refractivity contribution in [3.05, 3.63) is 52.9 Å². The summed E-state index contributed by atoms with van der Waals surface area (Å²) in [5, 5.41) is 0.705. The standard InChI is InChI=1S/C13H15ClN2O/c1-16(8-10-4-3-7-17-10)9-11-12(14)5-2-6-13(11)15/h2-7H,8-9,15H2,1H3. The van der Waals surface area contributed by atoms with Gasteiger partial charge >= 0.3 is 0 Å². The lowest BCUT2D eigenvalue weighted by molar-refractivity contribution is 0.288. The summed E-state index contributed by atoms with van der Waals surface area (Å²) in [5.41, 5.74) is 7.60. The first-order valence-corrected chi connectivity index (χ1v) is 5.78. The molecule has 0 amide bonds. The van der Waals surface area contributed by atoms with E-state index in [9.17, 15) is 0 Å². The van der Waals surface area contributed by atoms with Gasteiger partial charge in [0.15, 0.2) is 0 Å². The van der Waals surface area contributed by atoms with E-state index in [4.69, 9.17) is 21.8 Å². The van der Waals surface area contributed by atoms with Crippen molar-refractivity contribution < 1.29 is 4.42 Å². The van der Waals surface area contributed by atoms with Gasteiger partial charge < -0.3 is 10.2 Å². The third kappa shape index (κ3) is 3.02. The quantitative estimate of drug-likeness (QED) is 0.848. The molecule has 0 spiro atoms. The lowest BCUT2D eigenvalue weighted by atomic mass is 10.1. The summed E-state index contributed by atoms with van der Waals surface area (Å²) in [5.74, 6) is 0.929. The Balaban J connectivity index is 2.05. The topological polar surface area (TPSA) is 42.4 Å². The third-order valence-corrected chi connectivity index (χ3v) is 2.94. The molecule has 0 saturated carbocycles. The number of nitrogens with zero attached hydrogens (tertiary/aromatic N) is 1. The molecule has 1 heterocycles. The third-order valence-electron chi connectivity index (χ3n) is 2.59. The average molecular weight is 251 g/mol. The fourth-order valence-corrected chi connectivity index (χ4v) is 1.98. The number of hydrogen-bond acceptors (Lipinski definition) is 3. The monoisotopic (exact) mass is 250 g/mol. The molecule has 90 valence electrons. The minimum Gasteiger partial charge on any atom is -0.468 e. The van der Waals surface area contributed by atoms with Crippen LogP contribution in [0.15, 0.2) is 41.0 Å². The van der Waals surface area contributed by atoms with Gasteiger partial charge in [-0.2, -0.15) is 0 Å². The van der Waals surface area contributed by atoms with Crippen LogP contribution in [0.3, 0.4) is 0 Å². The molecule has 1 aromatic carbocycles.